The van der Waals surface area contributed by atoms with Crippen LogP contribution in [0.2, 0.25) is 0 Å². The molecule has 3 saturated heterocycles. The molecule has 2 aromatic heterocycles. The van der Waals surface area contributed by atoms with E-state index in [-0.39, 0.29) is 23.0 Å². The van der Waals surface area contributed by atoms with Crippen molar-refractivity contribution in [2.24, 2.45) is 0 Å². The van der Waals surface area contributed by atoms with Crippen LogP contribution in [0.1, 0.15) is 12.8 Å². The zero-order chi connectivity index (χ0) is 26.3. The Hall–Kier alpha value is -3.60. The van der Waals surface area contributed by atoms with Gasteiger partial charge in [0.1, 0.15) is 29.4 Å². The number of nitrogens with one attached hydrogen (secondary N) is 1. The summed E-state index contributed by atoms with van der Waals surface area (Å²) < 4.78 is 27.8. The lowest BCUT2D eigenvalue weighted by atomic mass is 10.0. The van der Waals surface area contributed by atoms with Gasteiger partial charge in [0.05, 0.1) is 18.6 Å². The number of anilines is 1. The monoisotopic (exact) mass is 530 g/mol. The first-order chi connectivity index (χ1) is 19.1. The molecule has 0 radical (unpaired) electrons. The summed E-state index contributed by atoms with van der Waals surface area (Å²) in [7, 11) is 0. The summed E-state index contributed by atoms with van der Waals surface area (Å²) in [4.78, 5) is 18.4. The Kier molecular flexibility index (Phi) is 6.38. The van der Waals surface area contributed by atoms with Gasteiger partial charge in [0.25, 0.3) is 0 Å². The molecule has 202 valence electrons. The van der Waals surface area contributed by atoms with Crippen LogP contribution in [-0.4, -0.2) is 89.6 Å². The molecule has 3 fully saturated rings. The molecule has 39 heavy (non-hydrogen) atoms. The van der Waals surface area contributed by atoms with Crippen LogP contribution in [0.4, 0.5) is 10.2 Å². The summed E-state index contributed by atoms with van der Waals surface area (Å²) in [6.07, 6.45) is 3.90. The number of fused-ring (bicyclic) bond motifs is 4. The highest BCUT2D eigenvalue weighted by Gasteiger charge is 2.34. The number of hydrogen-bond donors (Lipinski definition) is 2. The second-order valence-electron chi connectivity index (χ2n) is 10.6. The van der Waals surface area contributed by atoms with Gasteiger partial charge in [0.15, 0.2) is 5.82 Å². The molecule has 0 aliphatic carbocycles. The number of rotatable bonds is 6. The fourth-order valence-electron chi connectivity index (χ4n) is 6.07. The topological polar surface area (TPSA) is 95.9 Å². The first-order valence-electron chi connectivity index (χ1n) is 13.6. The molecule has 10 heteroatoms. The van der Waals surface area contributed by atoms with Gasteiger partial charge in [-0.3, -0.25) is 9.88 Å². The number of phenolic OH excluding ortho intramolecular Hbond substituents is 1. The van der Waals surface area contributed by atoms with Crippen LogP contribution < -0.4 is 15.0 Å². The standard InChI is InChI=1S/C29H31FN6O3/c30-25-26(23-14-21(37)13-18-3-1-2-4-22(18)23)31-15-24-27(25)33-29(39-12-9-35-7-10-38-11-8-35)34-28(24)36-16-19-5-6-20(17-36)32-19/h1-4,13-15,19-20,32,37H,5-12,16-17H2. The SMILES string of the molecule is Oc1cc(-c2ncc3c(N4CC5CCC(C4)N5)nc(OCCN4CCOCC4)nc3c2F)c2ccccc2c1. The van der Waals surface area contributed by atoms with Crippen LogP contribution in [0.3, 0.4) is 0 Å². The third kappa shape index (κ3) is 4.73. The highest BCUT2D eigenvalue weighted by atomic mass is 19.1. The van der Waals surface area contributed by atoms with Gasteiger partial charge in [-0.1, -0.05) is 24.3 Å². The lowest BCUT2D eigenvalue weighted by molar-refractivity contribution is 0.0317. The predicted molar refractivity (Wildman–Crippen MR) is 147 cm³/mol. The van der Waals surface area contributed by atoms with E-state index in [0.717, 1.165) is 56.3 Å². The van der Waals surface area contributed by atoms with E-state index >= 15 is 4.39 Å². The minimum atomic E-state index is -0.553. The Morgan fingerprint density at radius 1 is 1.05 bits per heavy atom. The van der Waals surface area contributed by atoms with E-state index in [4.69, 9.17) is 14.5 Å². The fourth-order valence-corrected chi connectivity index (χ4v) is 6.07. The van der Waals surface area contributed by atoms with Crippen LogP contribution in [0, 0.1) is 5.82 Å². The average molecular weight is 531 g/mol. The van der Waals surface area contributed by atoms with Crippen molar-refractivity contribution >= 4 is 27.5 Å². The summed E-state index contributed by atoms with van der Waals surface area (Å²) >= 11 is 0. The molecule has 9 nitrogen and oxygen atoms in total. The molecular formula is C29H31FN6O3. The van der Waals surface area contributed by atoms with Gasteiger partial charge in [-0.05, 0) is 35.7 Å². The molecule has 2 atom stereocenters. The fraction of sp³-hybridized carbons (Fsp3) is 0.414. The summed E-state index contributed by atoms with van der Waals surface area (Å²) in [5.41, 5.74) is 0.823. The molecule has 2 bridgehead atoms. The summed E-state index contributed by atoms with van der Waals surface area (Å²) in [6, 6.07) is 11.7. The third-order valence-electron chi connectivity index (χ3n) is 8.00. The molecule has 0 saturated carbocycles. The Balaban J connectivity index is 1.30. The van der Waals surface area contributed by atoms with Crippen LogP contribution in [0.5, 0.6) is 11.8 Å². The third-order valence-corrected chi connectivity index (χ3v) is 8.00. The molecule has 4 aromatic rings. The van der Waals surface area contributed by atoms with Crippen molar-refractivity contribution in [3.63, 3.8) is 0 Å². The summed E-state index contributed by atoms with van der Waals surface area (Å²) in [5.74, 6) is 0.151. The first-order valence-corrected chi connectivity index (χ1v) is 13.6. The second-order valence-corrected chi connectivity index (χ2v) is 10.6. The lowest BCUT2D eigenvalue weighted by Gasteiger charge is -2.34. The highest BCUT2D eigenvalue weighted by molar-refractivity contribution is 5.99. The molecule has 0 amide bonds. The van der Waals surface area contributed by atoms with Gasteiger partial charge in [-0.2, -0.15) is 9.97 Å². The minimum absolute atomic E-state index is 0.0526. The maximum absolute atomic E-state index is 16.4. The van der Waals surface area contributed by atoms with Gasteiger partial charge < -0.3 is 24.8 Å². The number of benzene rings is 2. The number of hydrogen-bond acceptors (Lipinski definition) is 9. The van der Waals surface area contributed by atoms with E-state index in [0.29, 0.717) is 48.7 Å². The maximum Gasteiger partial charge on any atom is 0.319 e. The van der Waals surface area contributed by atoms with Crippen molar-refractivity contribution in [3.8, 4) is 23.0 Å². The van der Waals surface area contributed by atoms with Crippen molar-refractivity contribution in [1.29, 1.82) is 0 Å². The zero-order valence-electron chi connectivity index (χ0n) is 21.6. The number of aromatic nitrogens is 3. The molecule has 2 unspecified atom stereocenters. The second kappa shape index (κ2) is 10.2. The molecule has 7 rings (SSSR count). The van der Waals surface area contributed by atoms with Crippen LogP contribution in [0.15, 0.2) is 42.6 Å². The van der Waals surface area contributed by atoms with Crippen molar-refractivity contribution in [2.75, 3.05) is 57.4 Å². The molecule has 3 aliphatic heterocycles. The predicted octanol–water partition coefficient (Wildman–Crippen LogP) is 3.34. The summed E-state index contributed by atoms with van der Waals surface area (Å²) in [6.45, 7) is 5.84. The number of aromatic hydroxyl groups is 1. The van der Waals surface area contributed by atoms with Gasteiger partial charge in [-0.25, -0.2) is 4.39 Å². The quantitative estimate of drug-likeness (QED) is 0.389. The largest absolute Gasteiger partial charge is 0.508 e. The Morgan fingerprint density at radius 2 is 1.85 bits per heavy atom. The molecule has 3 aliphatic rings. The molecular weight excluding hydrogens is 499 g/mol. The summed E-state index contributed by atoms with van der Waals surface area (Å²) in [5, 5.41) is 16.2. The van der Waals surface area contributed by atoms with Crippen LogP contribution >= 0.6 is 0 Å². The van der Waals surface area contributed by atoms with E-state index in [1.807, 2.05) is 24.3 Å². The van der Waals surface area contributed by atoms with Gasteiger partial charge in [-0.15, -0.1) is 0 Å². The molecule has 2 N–H and O–H groups in total. The Bertz CT molecular complexity index is 1520. The van der Waals surface area contributed by atoms with E-state index in [1.165, 1.54) is 0 Å². The van der Waals surface area contributed by atoms with Gasteiger partial charge in [0.2, 0.25) is 0 Å². The lowest BCUT2D eigenvalue weighted by Crippen LogP contribution is -2.51. The highest BCUT2D eigenvalue weighted by Crippen LogP contribution is 2.37. The number of halogens is 1. The normalized spacial score (nSPS) is 21.6. The zero-order valence-corrected chi connectivity index (χ0v) is 21.6. The van der Waals surface area contributed by atoms with Crippen molar-refractivity contribution in [1.82, 2.24) is 25.2 Å². The van der Waals surface area contributed by atoms with Crippen molar-refractivity contribution in [3.05, 3.63) is 48.4 Å². The smallest absolute Gasteiger partial charge is 0.319 e. The van der Waals surface area contributed by atoms with E-state index in [9.17, 15) is 5.11 Å². The number of phenols is 1. The molecule has 5 heterocycles. The molecule has 0 spiro atoms. The van der Waals surface area contributed by atoms with Crippen LogP contribution in [-0.2, 0) is 4.74 Å². The van der Waals surface area contributed by atoms with Crippen molar-refractivity contribution in [2.45, 2.75) is 24.9 Å². The number of morpholine rings is 1. The van der Waals surface area contributed by atoms with Gasteiger partial charge >= 0.3 is 6.01 Å². The maximum atomic E-state index is 16.4. The van der Waals surface area contributed by atoms with Gasteiger partial charge in [0, 0.05) is 56.6 Å². The van der Waals surface area contributed by atoms with Crippen molar-refractivity contribution < 1.29 is 19.0 Å². The first kappa shape index (κ1) is 24.4. The van der Waals surface area contributed by atoms with E-state index < -0.39 is 5.82 Å². The number of pyridine rings is 1. The van der Waals surface area contributed by atoms with E-state index in [1.54, 1.807) is 18.3 Å². The average Bonchev–Trinajstić information content (AvgIpc) is 3.30. The number of nitrogens with zero attached hydrogens (tertiary/aromatic N) is 5. The Labute approximate surface area is 225 Å². The number of ether oxygens (including phenoxy) is 2. The minimum Gasteiger partial charge on any atom is -0.508 e. The number of piperazine rings is 1. The van der Waals surface area contributed by atoms with Crippen LogP contribution in [0.25, 0.3) is 32.9 Å². The molecule has 2 aromatic carbocycles. The Morgan fingerprint density at radius 3 is 2.67 bits per heavy atom. The van der Waals surface area contributed by atoms with E-state index in [2.05, 4.69) is 25.1 Å².